The molecule has 1 amide bonds. The third-order valence-corrected chi connectivity index (χ3v) is 4.87. The second kappa shape index (κ2) is 6.49. The Morgan fingerprint density at radius 1 is 1.22 bits per heavy atom. The number of carboxylic acid groups (broad SMARTS) is 1. The molecule has 1 N–H and O–H groups in total. The fourth-order valence-corrected chi connectivity index (χ4v) is 3.60. The molecule has 122 valence electrons. The maximum absolute atomic E-state index is 12.0. The van der Waals surface area contributed by atoms with Gasteiger partial charge < -0.3 is 14.9 Å². The summed E-state index contributed by atoms with van der Waals surface area (Å²) in [6.07, 6.45) is 1.54. The number of rotatable bonds is 4. The SMILES string of the molecule is Cc1cc2c(N3CCN(C(=O)CCC(=O)O)CC3)ncnc2s1. The van der Waals surface area contributed by atoms with E-state index in [4.69, 9.17) is 5.11 Å². The number of carboxylic acids is 1. The molecular formula is C15H18N4O3S. The summed E-state index contributed by atoms with van der Waals surface area (Å²) in [6, 6.07) is 2.10. The molecule has 23 heavy (non-hydrogen) atoms. The number of hydrogen-bond donors (Lipinski definition) is 1. The van der Waals surface area contributed by atoms with E-state index in [1.807, 2.05) is 0 Å². The molecule has 1 aliphatic heterocycles. The maximum Gasteiger partial charge on any atom is 0.303 e. The van der Waals surface area contributed by atoms with E-state index in [1.165, 1.54) is 4.88 Å². The van der Waals surface area contributed by atoms with Crippen LogP contribution in [-0.4, -0.2) is 58.0 Å². The summed E-state index contributed by atoms with van der Waals surface area (Å²) < 4.78 is 0. The van der Waals surface area contributed by atoms with E-state index < -0.39 is 5.97 Å². The van der Waals surface area contributed by atoms with E-state index in [1.54, 1.807) is 22.6 Å². The highest BCUT2D eigenvalue weighted by atomic mass is 32.1. The van der Waals surface area contributed by atoms with Gasteiger partial charge in [-0.3, -0.25) is 9.59 Å². The Kier molecular flexibility index (Phi) is 4.42. The molecular weight excluding hydrogens is 316 g/mol. The minimum Gasteiger partial charge on any atom is -0.481 e. The molecule has 2 aromatic rings. The van der Waals surface area contributed by atoms with Crippen LogP contribution in [-0.2, 0) is 9.59 Å². The standard InChI is InChI=1S/C15H18N4O3S/c1-10-8-11-14(16-9-17-15(11)23-10)19-6-4-18(5-7-19)12(20)2-3-13(21)22/h8-9H,2-7H2,1H3,(H,21,22). The second-order valence-electron chi connectivity index (χ2n) is 5.53. The minimum atomic E-state index is -0.937. The van der Waals surface area contributed by atoms with Crippen molar-refractivity contribution < 1.29 is 14.7 Å². The van der Waals surface area contributed by atoms with Crippen LogP contribution >= 0.6 is 11.3 Å². The number of thiophene rings is 1. The molecule has 8 heteroatoms. The van der Waals surface area contributed by atoms with Gasteiger partial charge in [0, 0.05) is 37.5 Å². The normalized spacial score (nSPS) is 15.2. The van der Waals surface area contributed by atoms with Gasteiger partial charge in [-0.2, -0.15) is 0 Å². The zero-order valence-electron chi connectivity index (χ0n) is 12.9. The molecule has 1 aliphatic rings. The molecule has 0 radical (unpaired) electrons. The molecule has 7 nitrogen and oxygen atoms in total. The summed E-state index contributed by atoms with van der Waals surface area (Å²) >= 11 is 1.65. The Morgan fingerprint density at radius 2 is 1.96 bits per heavy atom. The predicted octanol–water partition coefficient (Wildman–Crippen LogP) is 1.51. The molecule has 3 rings (SSSR count). The molecule has 1 fully saturated rings. The predicted molar refractivity (Wildman–Crippen MR) is 87.8 cm³/mol. The molecule has 0 aromatic carbocycles. The molecule has 3 heterocycles. The van der Waals surface area contributed by atoms with Crippen molar-refractivity contribution in [1.82, 2.24) is 14.9 Å². The fourth-order valence-electron chi connectivity index (χ4n) is 2.76. The van der Waals surface area contributed by atoms with Gasteiger partial charge in [0.15, 0.2) is 0 Å². The van der Waals surface area contributed by atoms with Crippen LogP contribution in [0.15, 0.2) is 12.4 Å². The number of nitrogens with zero attached hydrogens (tertiary/aromatic N) is 4. The van der Waals surface area contributed by atoms with Crippen molar-refractivity contribution >= 4 is 39.2 Å². The van der Waals surface area contributed by atoms with E-state index in [-0.39, 0.29) is 18.7 Å². The monoisotopic (exact) mass is 334 g/mol. The lowest BCUT2D eigenvalue weighted by molar-refractivity contribution is -0.141. The van der Waals surface area contributed by atoms with Crippen molar-refractivity contribution in [2.45, 2.75) is 19.8 Å². The van der Waals surface area contributed by atoms with Gasteiger partial charge in [-0.25, -0.2) is 9.97 Å². The quantitative estimate of drug-likeness (QED) is 0.912. The van der Waals surface area contributed by atoms with Gasteiger partial charge in [0.05, 0.1) is 11.8 Å². The lowest BCUT2D eigenvalue weighted by Gasteiger charge is -2.35. The van der Waals surface area contributed by atoms with Crippen LogP contribution in [0.1, 0.15) is 17.7 Å². The maximum atomic E-state index is 12.0. The van der Waals surface area contributed by atoms with Crippen molar-refractivity contribution in [2.75, 3.05) is 31.1 Å². The van der Waals surface area contributed by atoms with Crippen molar-refractivity contribution in [3.05, 3.63) is 17.3 Å². The average molecular weight is 334 g/mol. The topological polar surface area (TPSA) is 86.6 Å². The number of piperazine rings is 1. The molecule has 0 unspecified atom stereocenters. The van der Waals surface area contributed by atoms with Crippen LogP contribution < -0.4 is 4.90 Å². The van der Waals surface area contributed by atoms with Crippen LogP contribution in [0.4, 0.5) is 5.82 Å². The number of anilines is 1. The largest absolute Gasteiger partial charge is 0.481 e. The van der Waals surface area contributed by atoms with Gasteiger partial charge in [0.2, 0.25) is 5.91 Å². The summed E-state index contributed by atoms with van der Waals surface area (Å²) in [4.78, 5) is 37.3. The third kappa shape index (κ3) is 3.42. The number of hydrogen-bond acceptors (Lipinski definition) is 6. The number of aryl methyl sites for hydroxylation is 1. The van der Waals surface area contributed by atoms with E-state index >= 15 is 0 Å². The number of fused-ring (bicyclic) bond motifs is 1. The van der Waals surface area contributed by atoms with Crippen LogP contribution in [0, 0.1) is 6.92 Å². The highest BCUT2D eigenvalue weighted by molar-refractivity contribution is 7.18. The van der Waals surface area contributed by atoms with E-state index in [0.29, 0.717) is 26.2 Å². The Labute approximate surface area is 137 Å². The third-order valence-electron chi connectivity index (χ3n) is 3.92. The summed E-state index contributed by atoms with van der Waals surface area (Å²) in [5.41, 5.74) is 0. The van der Waals surface area contributed by atoms with Gasteiger partial charge >= 0.3 is 5.97 Å². The number of aromatic nitrogens is 2. The lowest BCUT2D eigenvalue weighted by Crippen LogP contribution is -2.49. The second-order valence-corrected chi connectivity index (χ2v) is 6.77. The van der Waals surface area contributed by atoms with Crippen LogP contribution in [0.2, 0.25) is 0 Å². The first-order chi connectivity index (χ1) is 11.0. The summed E-state index contributed by atoms with van der Waals surface area (Å²) in [5.74, 6) is -0.114. The molecule has 0 aliphatic carbocycles. The van der Waals surface area contributed by atoms with Gasteiger partial charge in [0.1, 0.15) is 17.0 Å². The Morgan fingerprint density at radius 3 is 2.65 bits per heavy atom. The van der Waals surface area contributed by atoms with E-state index in [0.717, 1.165) is 16.0 Å². The highest BCUT2D eigenvalue weighted by Gasteiger charge is 2.23. The van der Waals surface area contributed by atoms with Gasteiger partial charge in [-0.05, 0) is 13.0 Å². The molecule has 0 bridgehead atoms. The molecule has 1 saturated heterocycles. The number of carbonyl (C=O) groups excluding carboxylic acids is 1. The minimum absolute atomic E-state index is 0.0663. The smallest absolute Gasteiger partial charge is 0.303 e. The number of carbonyl (C=O) groups is 2. The number of amides is 1. The zero-order valence-corrected chi connectivity index (χ0v) is 13.7. The zero-order chi connectivity index (χ0) is 16.4. The molecule has 0 spiro atoms. The highest BCUT2D eigenvalue weighted by Crippen LogP contribution is 2.30. The first-order valence-corrected chi connectivity index (χ1v) is 8.32. The van der Waals surface area contributed by atoms with Gasteiger partial charge in [-0.1, -0.05) is 0 Å². The van der Waals surface area contributed by atoms with Crippen molar-refractivity contribution in [3.63, 3.8) is 0 Å². The number of aliphatic carboxylic acids is 1. The summed E-state index contributed by atoms with van der Waals surface area (Å²) in [5, 5.41) is 9.72. The van der Waals surface area contributed by atoms with Gasteiger partial charge in [-0.15, -0.1) is 11.3 Å². The van der Waals surface area contributed by atoms with Crippen LogP contribution in [0.5, 0.6) is 0 Å². The van der Waals surface area contributed by atoms with Crippen molar-refractivity contribution in [1.29, 1.82) is 0 Å². The summed E-state index contributed by atoms with van der Waals surface area (Å²) in [7, 11) is 0. The van der Waals surface area contributed by atoms with Crippen molar-refractivity contribution in [3.8, 4) is 0 Å². The van der Waals surface area contributed by atoms with E-state index in [9.17, 15) is 9.59 Å². The van der Waals surface area contributed by atoms with Gasteiger partial charge in [0.25, 0.3) is 0 Å². The van der Waals surface area contributed by atoms with Crippen molar-refractivity contribution in [2.24, 2.45) is 0 Å². The molecule has 0 saturated carbocycles. The molecule has 2 aromatic heterocycles. The average Bonchev–Trinajstić information content (AvgIpc) is 2.92. The van der Waals surface area contributed by atoms with Crippen LogP contribution in [0.25, 0.3) is 10.2 Å². The summed E-state index contributed by atoms with van der Waals surface area (Å²) in [6.45, 7) is 4.62. The lowest BCUT2D eigenvalue weighted by atomic mass is 10.2. The first kappa shape index (κ1) is 15.7. The van der Waals surface area contributed by atoms with E-state index in [2.05, 4.69) is 27.9 Å². The van der Waals surface area contributed by atoms with Crippen LogP contribution in [0.3, 0.4) is 0 Å². The fraction of sp³-hybridized carbons (Fsp3) is 0.467. The first-order valence-electron chi connectivity index (χ1n) is 7.50. The Bertz CT molecular complexity index is 737. The molecule has 0 atom stereocenters. The Balaban J connectivity index is 1.66. The Hall–Kier alpha value is -2.22.